The van der Waals surface area contributed by atoms with Gasteiger partial charge in [0.1, 0.15) is 11.2 Å². The fourth-order valence-electron chi connectivity index (χ4n) is 3.10. The Morgan fingerprint density at radius 2 is 2.33 bits per heavy atom. The summed E-state index contributed by atoms with van der Waals surface area (Å²) in [5.41, 5.74) is 1.30. The van der Waals surface area contributed by atoms with E-state index in [9.17, 15) is 4.79 Å². The smallest absolute Gasteiger partial charge is 0.258 e. The third-order valence-corrected chi connectivity index (χ3v) is 5.38. The fraction of sp³-hybridized carbons (Fsp3) is 0.588. The second kappa shape index (κ2) is 7.44. The molecular formula is C17H23N3O3S. The first kappa shape index (κ1) is 17.1. The second-order valence-corrected chi connectivity index (χ2v) is 7.51. The van der Waals surface area contributed by atoms with Crippen LogP contribution in [0.1, 0.15) is 30.7 Å². The minimum Gasteiger partial charge on any atom is -0.467 e. The van der Waals surface area contributed by atoms with Gasteiger partial charge in [-0.05, 0) is 37.7 Å². The summed E-state index contributed by atoms with van der Waals surface area (Å²) in [6.07, 6.45) is 4.79. The van der Waals surface area contributed by atoms with Crippen LogP contribution in [-0.4, -0.2) is 42.2 Å². The Balaban J connectivity index is 1.74. The van der Waals surface area contributed by atoms with E-state index < -0.39 is 0 Å². The molecule has 0 aliphatic heterocycles. The number of hydrogen-bond acceptors (Lipinski definition) is 6. The number of thiophene rings is 1. The van der Waals surface area contributed by atoms with Crippen LogP contribution in [0.25, 0.3) is 10.2 Å². The number of hydrogen-bond donors (Lipinski definition) is 1. The van der Waals surface area contributed by atoms with Crippen molar-refractivity contribution in [1.29, 1.82) is 0 Å². The monoisotopic (exact) mass is 349 g/mol. The number of carbonyl (C=O) groups excluding carboxylic acids is 1. The second-order valence-electron chi connectivity index (χ2n) is 6.42. The van der Waals surface area contributed by atoms with Crippen LogP contribution in [-0.2, 0) is 22.4 Å². The van der Waals surface area contributed by atoms with E-state index in [0.29, 0.717) is 18.4 Å². The zero-order valence-corrected chi connectivity index (χ0v) is 15.1. The van der Waals surface area contributed by atoms with Gasteiger partial charge in [-0.2, -0.15) is 0 Å². The van der Waals surface area contributed by atoms with E-state index in [-0.39, 0.29) is 18.6 Å². The Kier molecular flexibility index (Phi) is 5.30. The summed E-state index contributed by atoms with van der Waals surface area (Å²) in [4.78, 5) is 23.0. The van der Waals surface area contributed by atoms with E-state index in [1.807, 2.05) is 6.92 Å². The molecule has 6 nitrogen and oxygen atoms in total. The van der Waals surface area contributed by atoms with E-state index >= 15 is 0 Å². The van der Waals surface area contributed by atoms with Crippen molar-refractivity contribution in [2.24, 2.45) is 5.92 Å². The predicted molar refractivity (Wildman–Crippen MR) is 93.6 cm³/mol. The minimum atomic E-state index is -0.177. The van der Waals surface area contributed by atoms with Crippen LogP contribution >= 0.6 is 11.3 Å². The van der Waals surface area contributed by atoms with Crippen LogP contribution in [0.3, 0.4) is 0 Å². The summed E-state index contributed by atoms with van der Waals surface area (Å²) in [6.45, 7) is 4.59. The Hall–Kier alpha value is -1.73. The highest BCUT2D eigenvalue weighted by Gasteiger charge is 2.24. The Bertz CT molecular complexity index is 731. The maximum atomic E-state index is 12.0. The van der Waals surface area contributed by atoms with Crippen LogP contribution in [0.15, 0.2) is 6.33 Å². The molecule has 0 bridgehead atoms. The Labute approximate surface area is 145 Å². The molecule has 130 valence electrons. The number of nitrogens with one attached hydrogen (secondary N) is 1. The third kappa shape index (κ3) is 3.67. The first-order valence-corrected chi connectivity index (χ1v) is 9.06. The molecule has 1 aliphatic carbocycles. The quantitative estimate of drug-likeness (QED) is 0.866. The van der Waals surface area contributed by atoms with E-state index in [2.05, 4.69) is 22.2 Å². The fourth-order valence-corrected chi connectivity index (χ4v) is 4.44. The van der Waals surface area contributed by atoms with Crippen molar-refractivity contribution in [3.8, 4) is 5.88 Å². The topological polar surface area (TPSA) is 73.3 Å². The third-order valence-electron chi connectivity index (χ3n) is 4.22. The van der Waals surface area contributed by atoms with E-state index in [0.717, 1.165) is 23.1 Å². The van der Waals surface area contributed by atoms with Gasteiger partial charge >= 0.3 is 0 Å². The summed E-state index contributed by atoms with van der Waals surface area (Å²) in [7, 11) is 1.61. The van der Waals surface area contributed by atoms with Crippen LogP contribution in [0, 0.1) is 5.92 Å². The molecular weight excluding hydrogens is 326 g/mol. The molecule has 3 rings (SSSR count). The molecule has 2 heterocycles. The van der Waals surface area contributed by atoms with E-state index in [4.69, 9.17) is 9.47 Å². The normalized spacial score (nSPS) is 18.2. The van der Waals surface area contributed by atoms with Crippen LogP contribution < -0.4 is 10.1 Å². The molecule has 2 aromatic rings. The molecule has 0 fully saturated rings. The molecule has 2 aromatic heterocycles. The first-order chi connectivity index (χ1) is 11.6. The number of amides is 1. The zero-order valence-electron chi connectivity index (χ0n) is 14.3. The molecule has 1 aliphatic rings. The maximum absolute atomic E-state index is 12.0. The standard InChI is InChI=1S/C17H23N3O3S/c1-10-4-5-12-13(6-10)24-17-15(12)16(18-9-19-17)23-8-14(21)20-11(2)7-22-3/h9-11H,4-8H2,1-3H3,(H,20,21)/t10-,11+/m1/s1. The van der Waals surface area contributed by atoms with Gasteiger partial charge in [0.25, 0.3) is 5.91 Å². The number of fused-ring (bicyclic) bond motifs is 3. The average Bonchev–Trinajstić information content (AvgIpc) is 2.90. The summed E-state index contributed by atoms with van der Waals surface area (Å²) in [5.74, 6) is 1.04. The zero-order chi connectivity index (χ0) is 17.1. The highest BCUT2D eigenvalue weighted by atomic mass is 32.1. The average molecular weight is 349 g/mol. The maximum Gasteiger partial charge on any atom is 0.258 e. The van der Waals surface area contributed by atoms with Crippen LogP contribution in [0.4, 0.5) is 0 Å². The number of ether oxygens (including phenoxy) is 2. The van der Waals surface area contributed by atoms with Gasteiger partial charge in [-0.15, -0.1) is 11.3 Å². The summed E-state index contributed by atoms with van der Waals surface area (Å²) < 4.78 is 10.7. The molecule has 24 heavy (non-hydrogen) atoms. The highest BCUT2D eigenvalue weighted by molar-refractivity contribution is 7.18. The largest absolute Gasteiger partial charge is 0.467 e. The lowest BCUT2D eigenvalue weighted by molar-refractivity contribution is -0.124. The van der Waals surface area contributed by atoms with E-state index in [1.165, 1.54) is 23.2 Å². The van der Waals surface area contributed by atoms with Crippen LogP contribution in [0.5, 0.6) is 5.88 Å². The minimum absolute atomic E-state index is 0.0492. The predicted octanol–water partition coefficient (Wildman–Crippen LogP) is 2.35. The highest BCUT2D eigenvalue weighted by Crippen LogP contribution is 2.40. The molecule has 7 heteroatoms. The molecule has 0 unspecified atom stereocenters. The lowest BCUT2D eigenvalue weighted by atomic mass is 9.89. The number of aromatic nitrogens is 2. The summed E-state index contributed by atoms with van der Waals surface area (Å²) in [5, 5.41) is 3.82. The number of methoxy groups -OCH3 is 1. The number of nitrogens with zero attached hydrogens (tertiary/aromatic N) is 2. The van der Waals surface area contributed by atoms with Crippen LogP contribution in [0.2, 0.25) is 0 Å². The van der Waals surface area contributed by atoms with Crippen molar-refractivity contribution in [3.05, 3.63) is 16.8 Å². The number of aryl methyl sites for hydroxylation is 1. The van der Waals surface area contributed by atoms with Crippen molar-refractivity contribution in [2.45, 2.75) is 39.2 Å². The first-order valence-electron chi connectivity index (χ1n) is 8.24. The van der Waals surface area contributed by atoms with Gasteiger partial charge in [0.05, 0.1) is 12.0 Å². The van der Waals surface area contributed by atoms with Crippen molar-refractivity contribution in [3.63, 3.8) is 0 Å². The molecule has 0 radical (unpaired) electrons. The lowest BCUT2D eigenvalue weighted by Crippen LogP contribution is -2.38. The molecule has 0 saturated carbocycles. The molecule has 1 amide bonds. The van der Waals surface area contributed by atoms with Gasteiger partial charge in [-0.3, -0.25) is 4.79 Å². The SMILES string of the molecule is COC[C@H](C)NC(=O)COc1ncnc2sc3c(c12)CC[C@@H](C)C3. The van der Waals surface area contributed by atoms with Crippen molar-refractivity contribution in [2.75, 3.05) is 20.3 Å². The Morgan fingerprint density at radius 1 is 1.50 bits per heavy atom. The van der Waals surface area contributed by atoms with Crippen molar-refractivity contribution in [1.82, 2.24) is 15.3 Å². The number of rotatable bonds is 6. The molecule has 0 saturated heterocycles. The van der Waals surface area contributed by atoms with Gasteiger partial charge in [0.15, 0.2) is 6.61 Å². The molecule has 1 N–H and O–H groups in total. The van der Waals surface area contributed by atoms with Gasteiger partial charge < -0.3 is 14.8 Å². The summed E-state index contributed by atoms with van der Waals surface area (Å²) in [6, 6.07) is -0.0492. The van der Waals surface area contributed by atoms with Gasteiger partial charge in [-0.1, -0.05) is 6.92 Å². The van der Waals surface area contributed by atoms with Crippen molar-refractivity contribution >= 4 is 27.5 Å². The molecule has 2 atom stereocenters. The van der Waals surface area contributed by atoms with Gasteiger partial charge in [0, 0.05) is 18.0 Å². The van der Waals surface area contributed by atoms with Crippen molar-refractivity contribution < 1.29 is 14.3 Å². The molecule has 0 aromatic carbocycles. The molecule has 0 spiro atoms. The Morgan fingerprint density at radius 3 is 3.12 bits per heavy atom. The number of carbonyl (C=O) groups is 1. The van der Waals surface area contributed by atoms with Gasteiger partial charge in [-0.25, -0.2) is 9.97 Å². The lowest BCUT2D eigenvalue weighted by Gasteiger charge is -2.18. The van der Waals surface area contributed by atoms with Gasteiger partial charge in [0.2, 0.25) is 5.88 Å². The van der Waals surface area contributed by atoms with E-state index in [1.54, 1.807) is 18.4 Å². The summed E-state index contributed by atoms with van der Waals surface area (Å²) >= 11 is 1.72.